The van der Waals surface area contributed by atoms with Crippen molar-refractivity contribution in [2.75, 3.05) is 17.1 Å². The molecule has 2 heterocycles. The van der Waals surface area contributed by atoms with E-state index in [9.17, 15) is 17.6 Å². The third-order valence-corrected chi connectivity index (χ3v) is 9.34. The van der Waals surface area contributed by atoms with Gasteiger partial charge in [0.25, 0.3) is 10.0 Å². The summed E-state index contributed by atoms with van der Waals surface area (Å²) < 4.78 is 49.5. The van der Waals surface area contributed by atoms with E-state index in [-0.39, 0.29) is 17.4 Å². The maximum absolute atomic E-state index is 13.3. The molecule has 190 valence electrons. The van der Waals surface area contributed by atoms with Gasteiger partial charge >= 0.3 is 5.69 Å². The fraction of sp³-hybridized carbons (Fsp3) is 0.280. The number of sulfonamides is 1. The summed E-state index contributed by atoms with van der Waals surface area (Å²) in [6.45, 7) is 3.38. The summed E-state index contributed by atoms with van der Waals surface area (Å²) in [5, 5.41) is 0. The number of rotatable bonds is 11. The lowest BCUT2D eigenvalue weighted by Gasteiger charge is -2.16. The highest BCUT2D eigenvalue weighted by atomic mass is 32.2. The van der Waals surface area contributed by atoms with E-state index in [1.807, 2.05) is 25.1 Å². The number of hydrogen-bond donors (Lipinski definition) is 1. The molecule has 0 spiro atoms. The second kappa shape index (κ2) is 11.4. The number of hydrogen-bond acceptors (Lipinski definition) is 7. The Kier molecular flexibility index (Phi) is 8.32. The second-order valence-electron chi connectivity index (χ2n) is 8.05. The van der Waals surface area contributed by atoms with Crippen LogP contribution in [0, 0.1) is 13.8 Å². The lowest BCUT2D eigenvalue weighted by molar-refractivity contribution is 0.460. The number of benzene rings is 2. The smallest absolute Gasteiger partial charge is 0.354 e. The van der Waals surface area contributed by atoms with E-state index >= 15 is 0 Å². The minimum Gasteiger partial charge on any atom is -0.457 e. The average molecular weight is 548 g/mol. The van der Waals surface area contributed by atoms with Crippen LogP contribution in [0.15, 0.2) is 68.5 Å². The van der Waals surface area contributed by atoms with E-state index < -0.39 is 15.7 Å². The Balaban J connectivity index is 1.64. The molecule has 0 amide bonds. The van der Waals surface area contributed by atoms with Gasteiger partial charge in [-0.05, 0) is 56.7 Å². The standard InChI is InChI=1S/C25H26FN3O4S3/c1-17-18(2)35-24(34-15-8-4-7-14-26)22-23(27-25(30)29(17)22)28-36(31,32)21-13-9-12-20(16-21)33-19-10-5-3-6-11-19/h3,5-6,9-13,16H,4,7-8,14-15H2,1-2H3,(H,27,28,30). The molecule has 1 N–H and O–H groups in total. The number of aryl methyl sites for hydroxylation is 1. The van der Waals surface area contributed by atoms with Crippen LogP contribution >= 0.6 is 23.1 Å². The third kappa shape index (κ3) is 5.91. The summed E-state index contributed by atoms with van der Waals surface area (Å²) in [4.78, 5) is 17.7. The van der Waals surface area contributed by atoms with Gasteiger partial charge in [-0.15, -0.1) is 23.1 Å². The molecule has 2 aromatic rings. The first-order valence-electron chi connectivity index (χ1n) is 11.4. The summed E-state index contributed by atoms with van der Waals surface area (Å²) in [7, 11) is -4.07. The highest BCUT2D eigenvalue weighted by Crippen LogP contribution is 2.39. The Morgan fingerprint density at radius 1 is 1.06 bits per heavy atom. The Morgan fingerprint density at radius 3 is 2.56 bits per heavy atom. The van der Waals surface area contributed by atoms with Crippen LogP contribution in [0.3, 0.4) is 0 Å². The third-order valence-electron chi connectivity index (χ3n) is 5.47. The van der Waals surface area contributed by atoms with E-state index in [0.29, 0.717) is 29.3 Å². The Morgan fingerprint density at radius 2 is 1.81 bits per heavy atom. The number of para-hydroxylation sites is 1. The van der Waals surface area contributed by atoms with E-state index in [2.05, 4.69) is 9.71 Å². The number of ether oxygens (including phenoxy) is 1. The number of nitrogens with zero attached hydrogens (tertiary/aromatic N) is 2. The molecule has 0 fully saturated rings. The zero-order valence-corrected chi connectivity index (χ0v) is 22.3. The van der Waals surface area contributed by atoms with Gasteiger partial charge in [-0.25, -0.2) is 13.2 Å². The zero-order valence-electron chi connectivity index (χ0n) is 19.9. The number of alkyl halides is 1. The maximum Gasteiger partial charge on any atom is 0.354 e. The number of imidazole rings is 1. The molecule has 36 heavy (non-hydrogen) atoms. The molecule has 0 saturated heterocycles. The predicted molar refractivity (Wildman–Crippen MR) is 143 cm³/mol. The maximum atomic E-state index is 13.3. The molecule has 0 bridgehead atoms. The molecule has 0 saturated carbocycles. The average Bonchev–Trinajstić information content (AvgIpc) is 3.18. The lowest BCUT2D eigenvalue weighted by Crippen LogP contribution is -2.17. The van der Waals surface area contributed by atoms with Crippen molar-refractivity contribution in [3.05, 3.63) is 75.7 Å². The first-order chi connectivity index (χ1) is 17.3. The fourth-order valence-electron chi connectivity index (χ4n) is 3.54. The molecule has 0 aliphatic carbocycles. The van der Waals surface area contributed by atoms with Crippen LogP contribution < -0.4 is 15.1 Å². The number of thioether (sulfide) groups is 1. The van der Waals surface area contributed by atoms with E-state index in [0.717, 1.165) is 27.7 Å². The molecular formula is C25H26FN3O4S3. The molecule has 0 aromatic heterocycles. The van der Waals surface area contributed by atoms with Crippen LogP contribution in [0.2, 0.25) is 0 Å². The van der Waals surface area contributed by atoms with E-state index in [1.54, 1.807) is 31.2 Å². The monoisotopic (exact) mass is 547 g/mol. The molecule has 0 unspecified atom stereocenters. The molecule has 2 aliphatic heterocycles. The SMILES string of the molecule is Cc1sc(SCCCCCF)c2c(NS(=O)(=O)c3cccc(Oc4ccccc4)c3)nc(=O)n-2c1C. The lowest BCUT2D eigenvalue weighted by atomic mass is 10.3. The molecule has 7 nitrogen and oxygen atoms in total. The number of nitrogens with one attached hydrogen (secondary N) is 1. The first-order valence-corrected chi connectivity index (χ1v) is 14.7. The van der Waals surface area contributed by atoms with Crippen molar-refractivity contribution in [1.29, 1.82) is 0 Å². The highest BCUT2D eigenvalue weighted by Gasteiger charge is 2.27. The second-order valence-corrected chi connectivity index (χ2v) is 12.3. The fourth-order valence-corrected chi connectivity index (χ4v) is 7.11. The van der Waals surface area contributed by atoms with Gasteiger partial charge in [0.2, 0.25) is 0 Å². The minimum absolute atomic E-state index is 0.0139. The van der Waals surface area contributed by atoms with Crippen molar-refractivity contribution in [1.82, 2.24) is 9.55 Å². The zero-order chi connectivity index (χ0) is 25.7. The van der Waals surface area contributed by atoms with Gasteiger partial charge in [0, 0.05) is 16.6 Å². The van der Waals surface area contributed by atoms with Crippen LogP contribution in [-0.2, 0) is 10.0 Å². The summed E-state index contributed by atoms with van der Waals surface area (Å²) in [6.07, 6.45) is 2.10. The highest BCUT2D eigenvalue weighted by molar-refractivity contribution is 8.01. The minimum atomic E-state index is -4.07. The number of fused-ring (bicyclic) bond motifs is 1. The van der Waals surface area contributed by atoms with Gasteiger partial charge in [0.05, 0.1) is 15.8 Å². The van der Waals surface area contributed by atoms with Crippen molar-refractivity contribution < 1.29 is 17.5 Å². The van der Waals surface area contributed by atoms with Gasteiger partial charge in [0.15, 0.2) is 5.82 Å². The van der Waals surface area contributed by atoms with E-state index in [4.69, 9.17) is 4.74 Å². The van der Waals surface area contributed by atoms with Crippen LogP contribution in [-0.4, -0.2) is 30.4 Å². The van der Waals surface area contributed by atoms with Crippen molar-refractivity contribution in [2.45, 2.75) is 42.2 Å². The van der Waals surface area contributed by atoms with Crippen molar-refractivity contribution in [2.24, 2.45) is 0 Å². The largest absolute Gasteiger partial charge is 0.457 e. The molecule has 0 atom stereocenters. The molecule has 11 heteroatoms. The summed E-state index contributed by atoms with van der Waals surface area (Å²) in [5.74, 6) is 1.65. The predicted octanol–water partition coefficient (Wildman–Crippen LogP) is 6.17. The van der Waals surface area contributed by atoms with Crippen LogP contribution in [0.5, 0.6) is 11.5 Å². The van der Waals surface area contributed by atoms with Gasteiger partial charge in [-0.3, -0.25) is 13.7 Å². The van der Waals surface area contributed by atoms with Gasteiger partial charge in [0.1, 0.15) is 17.2 Å². The van der Waals surface area contributed by atoms with Crippen molar-refractivity contribution in [3.63, 3.8) is 0 Å². The molecular weight excluding hydrogens is 521 g/mol. The number of unbranched alkanes of at least 4 members (excludes halogenated alkanes) is 2. The van der Waals surface area contributed by atoms with Gasteiger partial charge < -0.3 is 4.74 Å². The van der Waals surface area contributed by atoms with Crippen LogP contribution in [0.1, 0.15) is 29.8 Å². The van der Waals surface area contributed by atoms with Crippen molar-refractivity contribution in [3.8, 4) is 17.2 Å². The number of halogens is 1. The normalized spacial score (nSPS) is 11.6. The summed E-state index contributed by atoms with van der Waals surface area (Å²) in [6, 6.07) is 15.2. The molecule has 2 aliphatic rings. The molecule has 0 radical (unpaired) electrons. The summed E-state index contributed by atoms with van der Waals surface area (Å²) in [5.41, 5.74) is 0.596. The first kappa shape index (κ1) is 26.2. The van der Waals surface area contributed by atoms with E-state index in [1.165, 1.54) is 39.8 Å². The van der Waals surface area contributed by atoms with Gasteiger partial charge in [-0.2, -0.15) is 4.98 Å². The van der Waals surface area contributed by atoms with Gasteiger partial charge in [-0.1, -0.05) is 30.7 Å². The Labute approximate surface area is 217 Å². The number of anilines is 1. The molecule has 4 rings (SSSR count). The Hall–Kier alpha value is -2.89. The molecule has 2 aromatic carbocycles. The Bertz CT molecular complexity index is 1470. The number of aromatic nitrogens is 2. The summed E-state index contributed by atoms with van der Waals surface area (Å²) >= 11 is 3.00. The van der Waals surface area contributed by atoms with Crippen LogP contribution in [0.4, 0.5) is 10.2 Å². The van der Waals surface area contributed by atoms with Crippen molar-refractivity contribution >= 4 is 38.9 Å². The quantitative estimate of drug-likeness (QED) is 0.178. The van der Waals surface area contributed by atoms with Crippen LogP contribution in [0.25, 0.3) is 5.69 Å². The topological polar surface area (TPSA) is 90.3 Å².